The van der Waals surface area contributed by atoms with E-state index >= 15 is 0 Å². The van der Waals surface area contributed by atoms with Gasteiger partial charge < -0.3 is 24.8 Å². The van der Waals surface area contributed by atoms with Gasteiger partial charge >= 0.3 is 0 Å². The molecule has 4 rings (SSSR count). The number of benzene rings is 2. The third kappa shape index (κ3) is 8.39. The third-order valence-electron chi connectivity index (χ3n) is 7.19. The van der Waals surface area contributed by atoms with E-state index in [0.29, 0.717) is 28.7 Å². The van der Waals surface area contributed by atoms with Crippen LogP contribution in [-0.4, -0.2) is 36.3 Å². The van der Waals surface area contributed by atoms with E-state index in [1.54, 1.807) is 12.3 Å². The van der Waals surface area contributed by atoms with Gasteiger partial charge in [0.2, 0.25) is 0 Å². The maximum absolute atomic E-state index is 13.6. The summed E-state index contributed by atoms with van der Waals surface area (Å²) < 4.78 is 15.8. The fourth-order valence-electron chi connectivity index (χ4n) is 4.89. The van der Waals surface area contributed by atoms with Crippen LogP contribution in [-0.2, 0) is 11.8 Å². The number of nitrogens with zero attached hydrogens (tertiary/aromatic N) is 1. The van der Waals surface area contributed by atoms with Crippen LogP contribution in [0.15, 0.2) is 48.7 Å². The van der Waals surface area contributed by atoms with E-state index in [1.165, 1.54) is 24.8 Å². The fourth-order valence-corrected chi connectivity index (χ4v) is 5.26. The van der Waals surface area contributed by atoms with Gasteiger partial charge in [-0.3, -0.25) is 9.78 Å². The van der Waals surface area contributed by atoms with E-state index in [2.05, 4.69) is 47.2 Å². The number of piperidine rings is 1. The summed E-state index contributed by atoms with van der Waals surface area (Å²) in [6.45, 7) is 14.5. The third-order valence-corrected chi connectivity index (χ3v) is 7.62. The second kappa shape index (κ2) is 13.6. The molecule has 7 nitrogen and oxygen atoms in total. The summed E-state index contributed by atoms with van der Waals surface area (Å²) in [7, 11) is 0. The molecule has 2 heterocycles. The molecule has 0 unspecified atom stereocenters. The standard InChI is InChI=1S/C33H44N4O3S/c1-21(2)39-31-28(18-25(33(4,5)6)19-29(31)37-41-7)36-32(38)24-9-8-22(3)30(17-24)40-27-12-15-35-26(20-27)16-23-10-13-34-14-11-23/h8-9,12,15,17-21,23,34,37H,10-11,13-14,16H2,1-7H3,(H,36,38). The number of rotatable bonds is 10. The number of anilines is 2. The summed E-state index contributed by atoms with van der Waals surface area (Å²) in [5, 5.41) is 6.54. The zero-order valence-corrected chi connectivity index (χ0v) is 26.2. The second-order valence-electron chi connectivity index (χ2n) is 12.0. The predicted octanol–water partition coefficient (Wildman–Crippen LogP) is 7.75. The van der Waals surface area contributed by atoms with E-state index in [9.17, 15) is 4.79 Å². The summed E-state index contributed by atoms with van der Waals surface area (Å²) >= 11 is 1.49. The minimum absolute atomic E-state index is 0.0621. The minimum atomic E-state index is -0.231. The summed E-state index contributed by atoms with van der Waals surface area (Å²) in [5.74, 6) is 2.40. The molecule has 1 fully saturated rings. The molecule has 1 aromatic heterocycles. The first-order valence-electron chi connectivity index (χ1n) is 14.4. The van der Waals surface area contributed by atoms with Crippen LogP contribution >= 0.6 is 11.9 Å². The largest absolute Gasteiger partial charge is 0.487 e. The van der Waals surface area contributed by atoms with Crippen molar-refractivity contribution < 1.29 is 14.3 Å². The van der Waals surface area contributed by atoms with Crippen molar-refractivity contribution in [2.24, 2.45) is 5.92 Å². The topological polar surface area (TPSA) is 84.5 Å². The van der Waals surface area contributed by atoms with Gasteiger partial charge in [0.15, 0.2) is 5.75 Å². The average molecular weight is 577 g/mol. The van der Waals surface area contributed by atoms with Gasteiger partial charge in [0.1, 0.15) is 11.5 Å². The lowest BCUT2D eigenvalue weighted by Gasteiger charge is -2.25. The molecule has 0 bridgehead atoms. The summed E-state index contributed by atoms with van der Waals surface area (Å²) in [5.41, 5.74) is 4.92. The van der Waals surface area contributed by atoms with Crippen LogP contribution < -0.4 is 24.8 Å². The van der Waals surface area contributed by atoms with Crippen LogP contribution in [0, 0.1) is 12.8 Å². The Labute approximate surface area is 249 Å². The first-order valence-corrected chi connectivity index (χ1v) is 15.7. The van der Waals surface area contributed by atoms with E-state index in [1.807, 2.05) is 57.4 Å². The molecule has 220 valence electrons. The molecule has 0 atom stereocenters. The fraction of sp³-hybridized carbons (Fsp3) is 0.455. The van der Waals surface area contributed by atoms with Crippen LogP contribution in [0.4, 0.5) is 11.4 Å². The quantitative estimate of drug-likeness (QED) is 0.213. The van der Waals surface area contributed by atoms with Gasteiger partial charge in [-0.2, -0.15) is 0 Å². The van der Waals surface area contributed by atoms with Gasteiger partial charge in [-0.25, -0.2) is 0 Å². The number of aromatic nitrogens is 1. The minimum Gasteiger partial charge on any atom is -0.487 e. The highest BCUT2D eigenvalue weighted by atomic mass is 32.2. The van der Waals surface area contributed by atoms with Crippen molar-refractivity contribution in [1.29, 1.82) is 0 Å². The highest BCUT2D eigenvalue weighted by molar-refractivity contribution is 7.99. The van der Waals surface area contributed by atoms with Crippen molar-refractivity contribution >= 4 is 29.2 Å². The Bertz CT molecular complexity index is 1350. The van der Waals surface area contributed by atoms with Crippen molar-refractivity contribution in [3.8, 4) is 17.2 Å². The Hall–Kier alpha value is -3.23. The first-order chi connectivity index (χ1) is 19.5. The molecule has 3 N–H and O–H groups in total. The Morgan fingerprint density at radius 3 is 2.51 bits per heavy atom. The van der Waals surface area contributed by atoms with Crippen LogP contribution in [0.25, 0.3) is 0 Å². The van der Waals surface area contributed by atoms with Gasteiger partial charge in [0.05, 0.1) is 17.5 Å². The lowest BCUT2D eigenvalue weighted by molar-refractivity contribution is 0.102. The molecule has 1 aliphatic heterocycles. The number of aryl methyl sites for hydroxylation is 1. The molecule has 8 heteroatoms. The predicted molar refractivity (Wildman–Crippen MR) is 171 cm³/mol. The van der Waals surface area contributed by atoms with E-state index in [4.69, 9.17) is 9.47 Å². The molecule has 2 aromatic carbocycles. The molecule has 0 radical (unpaired) electrons. The van der Waals surface area contributed by atoms with Gasteiger partial charge in [0, 0.05) is 29.8 Å². The lowest BCUT2D eigenvalue weighted by atomic mass is 9.86. The number of amides is 1. The monoisotopic (exact) mass is 576 g/mol. The van der Waals surface area contributed by atoms with Crippen molar-refractivity contribution in [3.63, 3.8) is 0 Å². The molecule has 0 spiro atoms. The number of carbonyl (C=O) groups excluding carboxylic acids is 1. The number of ether oxygens (including phenoxy) is 2. The molecule has 1 amide bonds. The lowest BCUT2D eigenvalue weighted by Crippen LogP contribution is -2.28. The molecule has 0 saturated carbocycles. The number of carbonyl (C=O) groups is 1. The summed E-state index contributed by atoms with van der Waals surface area (Å²) in [6, 6.07) is 13.5. The van der Waals surface area contributed by atoms with Crippen LogP contribution in [0.2, 0.25) is 0 Å². The van der Waals surface area contributed by atoms with Crippen molar-refractivity contribution in [2.45, 2.75) is 72.3 Å². The first kappa shape index (κ1) is 30.7. The number of hydrogen-bond donors (Lipinski definition) is 3. The van der Waals surface area contributed by atoms with Gasteiger partial charge in [0.25, 0.3) is 5.91 Å². The van der Waals surface area contributed by atoms with E-state index < -0.39 is 0 Å². The number of pyridine rings is 1. The smallest absolute Gasteiger partial charge is 0.255 e. The molecule has 41 heavy (non-hydrogen) atoms. The molecular weight excluding hydrogens is 532 g/mol. The van der Waals surface area contributed by atoms with Crippen molar-refractivity contribution in [2.75, 3.05) is 29.4 Å². The maximum Gasteiger partial charge on any atom is 0.255 e. The average Bonchev–Trinajstić information content (AvgIpc) is 2.91. The molecular formula is C33H44N4O3S. The highest BCUT2D eigenvalue weighted by Gasteiger charge is 2.22. The van der Waals surface area contributed by atoms with Crippen molar-refractivity contribution in [3.05, 3.63) is 71.0 Å². The number of hydrogen-bond acceptors (Lipinski definition) is 7. The van der Waals surface area contributed by atoms with Crippen LogP contribution in [0.1, 0.15) is 74.6 Å². The van der Waals surface area contributed by atoms with E-state index in [-0.39, 0.29) is 17.4 Å². The Kier molecular flexibility index (Phi) is 10.2. The van der Waals surface area contributed by atoms with Crippen LogP contribution in [0.5, 0.6) is 17.2 Å². The molecule has 0 aliphatic carbocycles. The van der Waals surface area contributed by atoms with Crippen molar-refractivity contribution in [1.82, 2.24) is 10.3 Å². The Balaban J connectivity index is 1.58. The highest BCUT2D eigenvalue weighted by Crippen LogP contribution is 2.40. The SMILES string of the molecule is CSNc1cc(C(C)(C)C)cc(NC(=O)c2ccc(C)c(Oc3ccnc(CC4CCNCC4)c3)c2)c1OC(C)C. The summed E-state index contributed by atoms with van der Waals surface area (Å²) in [6.07, 6.45) is 6.99. The Morgan fingerprint density at radius 1 is 1.10 bits per heavy atom. The summed E-state index contributed by atoms with van der Waals surface area (Å²) in [4.78, 5) is 18.2. The van der Waals surface area contributed by atoms with Gasteiger partial charge in [-0.05, 0) is 106 Å². The zero-order chi connectivity index (χ0) is 29.6. The maximum atomic E-state index is 13.6. The zero-order valence-electron chi connectivity index (χ0n) is 25.4. The Morgan fingerprint density at radius 2 is 1.83 bits per heavy atom. The normalized spacial score (nSPS) is 14.1. The van der Waals surface area contributed by atoms with E-state index in [0.717, 1.165) is 47.8 Å². The van der Waals surface area contributed by atoms with Gasteiger partial charge in [-0.1, -0.05) is 38.8 Å². The van der Waals surface area contributed by atoms with Crippen LogP contribution in [0.3, 0.4) is 0 Å². The molecule has 3 aromatic rings. The number of nitrogens with one attached hydrogen (secondary N) is 3. The molecule has 1 aliphatic rings. The second-order valence-corrected chi connectivity index (χ2v) is 12.7. The van der Waals surface area contributed by atoms with Gasteiger partial charge in [-0.15, -0.1) is 0 Å². The molecule has 1 saturated heterocycles.